The summed E-state index contributed by atoms with van der Waals surface area (Å²) in [5.41, 5.74) is 2.54. The molecule has 0 aliphatic heterocycles. The molecule has 3 heteroatoms. The van der Waals surface area contributed by atoms with Crippen LogP contribution >= 0.6 is 11.8 Å². The standard InChI is InChI=1S/C16H27NOS/c1-5-9-17-16(4,12-18)8-10-19-15-7-6-13(2)14(3)11-15/h6-7,11,17-18H,5,8-10,12H2,1-4H3. The number of thioether (sulfide) groups is 1. The van der Waals surface area contributed by atoms with Gasteiger partial charge in [0.15, 0.2) is 0 Å². The molecule has 0 saturated heterocycles. The van der Waals surface area contributed by atoms with E-state index in [4.69, 9.17) is 0 Å². The van der Waals surface area contributed by atoms with Gasteiger partial charge in [0, 0.05) is 10.4 Å². The molecule has 0 spiro atoms. The molecule has 108 valence electrons. The zero-order valence-electron chi connectivity index (χ0n) is 12.6. The van der Waals surface area contributed by atoms with Crippen molar-refractivity contribution in [3.05, 3.63) is 29.3 Å². The minimum Gasteiger partial charge on any atom is -0.394 e. The maximum atomic E-state index is 9.52. The molecule has 1 rings (SSSR count). The van der Waals surface area contributed by atoms with Crippen LogP contribution in [0.15, 0.2) is 23.1 Å². The van der Waals surface area contributed by atoms with E-state index >= 15 is 0 Å². The number of aryl methyl sites for hydroxylation is 2. The van der Waals surface area contributed by atoms with Crippen LogP contribution in [-0.4, -0.2) is 29.5 Å². The van der Waals surface area contributed by atoms with Gasteiger partial charge in [0.2, 0.25) is 0 Å². The van der Waals surface area contributed by atoms with E-state index in [0.29, 0.717) is 0 Å². The second-order valence-corrected chi connectivity index (χ2v) is 6.66. The second-order valence-electron chi connectivity index (χ2n) is 5.49. The van der Waals surface area contributed by atoms with Crippen molar-refractivity contribution in [2.45, 2.75) is 51.0 Å². The maximum Gasteiger partial charge on any atom is 0.0610 e. The van der Waals surface area contributed by atoms with Crippen molar-refractivity contribution in [1.82, 2.24) is 5.32 Å². The summed E-state index contributed by atoms with van der Waals surface area (Å²) in [5, 5.41) is 13.0. The Kier molecular flexibility index (Phi) is 6.90. The molecule has 0 heterocycles. The average Bonchev–Trinajstić information content (AvgIpc) is 2.40. The van der Waals surface area contributed by atoms with Crippen LogP contribution in [0.5, 0.6) is 0 Å². The third kappa shape index (κ3) is 5.55. The van der Waals surface area contributed by atoms with Crippen molar-refractivity contribution in [1.29, 1.82) is 0 Å². The van der Waals surface area contributed by atoms with Gasteiger partial charge in [-0.15, -0.1) is 11.8 Å². The van der Waals surface area contributed by atoms with E-state index in [1.54, 1.807) is 0 Å². The van der Waals surface area contributed by atoms with Gasteiger partial charge in [-0.25, -0.2) is 0 Å². The third-order valence-corrected chi connectivity index (χ3v) is 4.55. The Morgan fingerprint density at radius 3 is 2.58 bits per heavy atom. The average molecular weight is 281 g/mol. The van der Waals surface area contributed by atoms with Crippen LogP contribution in [0.4, 0.5) is 0 Å². The van der Waals surface area contributed by atoms with Crippen LogP contribution in [0.25, 0.3) is 0 Å². The van der Waals surface area contributed by atoms with Gasteiger partial charge in [-0.1, -0.05) is 13.0 Å². The van der Waals surface area contributed by atoms with Gasteiger partial charge in [0.05, 0.1) is 6.61 Å². The monoisotopic (exact) mass is 281 g/mol. The minimum atomic E-state index is -0.150. The van der Waals surface area contributed by atoms with Gasteiger partial charge >= 0.3 is 0 Å². The normalized spacial score (nSPS) is 14.4. The Balaban J connectivity index is 2.45. The first-order valence-corrected chi connectivity index (χ1v) is 8.05. The molecule has 2 nitrogen and oxygen atoms in total. The SMILES string of the molecule is CCCNC(C)(CO)CCSc1ccc(C)c(C)c1. The fraction of sp³-hybridized carbons (Fsp3) is 0.625. The summed E-state index contributed by atoms with van der Waals surface area (Å²) in [4.78, 5) is 1.32. The minimum absolute atomic E-state index is 0.150. The molecule has 0 aliphatic carbocycles. The third-order valence-electron chi connectivity index (χ3n) is 3.55. The van der Waals surface area contributed by atoms with Crippen molar-refractivity contribution < 1.29 is 5.11 Å². The van der Waals surface area contributed by atoms with Gasteiger partial charge in [-0.05, 0) is 69.2 Å². The zero-order valence-corrected chi connectivity index (χ0v) is 13.4. The van der Waals surface area contributed by atoms with Crippen LogP contribution in [-0.2, 0) is 0 Å². The second kappa shape index (κ2) is 7.93. The van der Waals surface area contributed by atoms with E-state index in [9.17, 15) is 5.11 Å². The van der Waals surface area contributed by atoms with Crippen LogP contribution in [0.3, 0.4) is 0 Å². The first-order valence-electron chi connectivity index (χ1n) is 7.06. The van der Waals surface area contributed by atoms with Crippen molar-refractivity contribution >= 4 is 11.8 Å². The molecule has 2 N–H and O–H groups in total. The lowest BCUT2D eigenvalue weighted by molar-refractivity contribution is 0.171. The molecule has 1 aromatic rings. The smallest absolute Gasteiger partial charge is 0.0610 e. The molecular formula is C16H27NOS. The number of hydrogen-bond acceptors (Lipinski definition) is 3. The van der Waals surface area contributed by atoms with Crippen molar-refractivity contribution in [3.8, 4) is 0 Å². The fourth-order valence-corrected chi connectivity index (χ4v) is 3.06. The lowest BCUT2D eigenvalue weighted by atomic mass is 10.0. The number of rotatable bonds is 8. The largest absolute Gasteiger partial charge is 0.394 e. The van der Waals surface area contributed by atoms with E-state index in [0.717, 1.165) is 25.1 Å². The summed E-state index contributed by atoms with van der Waals surface area (Å²) >= 11 is 1.87. The fourth-order valence-electron chi connectivity index (χ4n) is 1.85. The zero-order chi connectivity index (χ0) is 14.3. The Morgan fingerprint density at radius 1 is 1.26 bits per heavy atom. The van der Waals surface area contributed by atoms with Gasteiger partial charge < -0.3 is 10.4 Å². The highest BCUT2D eigenvalue weighted by molar-refractivity contribution is 7.99. The van der Waals surface area contributed by atoms with E-state index < -0.39 is 0 Å². The Labute approximate surface area is 122 Å². The van der Waals surface area contributed by atoms with Crippen LogP contribution in [0.1, 0.15) is 37.8 Å². The number of benzene rings is 1. The van der Waals surface area contributed by atoms with E-state index in [-0.39, 0.29) is 12.1 Å². The van der Waals surface area contributed by atoms with Gasteiger partial charge in [0.1, 0.15) is 0 Å². The summed E-state index contributed by atoms with van der Waals surface area (Å²) in [7, 11) is 0. The summed E-state index contributed by atoms with van der Waals surface area (Å²) in [6, 6.07) is 6.61. The summed E-state index contributed by atoms with van der Waals surface area (Å²) < 4.78 is 0. The van der Waals surface area contributed by atoms with Gasteiger partial charge in [0.25, 0.3) is 0 Å². The topological polar surface area (TPSA) is 32.3 Å². The molecule has 0 saturated carbocycles. The van der Waals surface area contributed by atoms with Gasteiger partial charge in [-0.3, -0.25) is 0 Å². The molecular weight excluding hydrogens is 254 g/mol. The highest BCUT2D eigenvalue weighted by Crippen LogP contribution is 2.24. The first-order chi connectivity index (χ1) is 9.00. The number of aliphatic hydroxyl groups excluding tert-OH is 1. The lowest BCUT2D eigenvalue weighted by Crippen LogP contribution is -2.46. The molecule has 1 unspecified atom stereocenters. The van der Waals surface area contributed by atoms with E-state index in [1.165, 1.54) is 16.0 Å². The molecule has 1 atom stereocenters. The van der Waals surface area contributed by atoms with Gasteiger partial charge in [-0.2, -0.15) is 0 Å². The molecule has 0 aliphatic rings. The summed E-state index contributed by atoms with van der Waals surface area (Å²) in [6.45, 7) is 9.70. The lowest BCUT2D eigenvalue weighted by Gasteiger charge is -2.28. The molecule has 0 amide bonds. The Morgan fingerprint density at radius 2 is 2.00 bits per heavy atom. The van der Waals surface area contributed by atoms with E-state index in [1.807, 2.05) is 11.8 Å². The molecule has 19 heavy (non-hydrogen) atoms. The molecule has 0 aromatic heterocycles. The molecule has 0 fully saturated rings. The summed E-state index contributed by atoms with van der Waals surface area (Å²) in [5.74, 6) is 1.02. The number of hydrogen-bond donors (Lipinski definition) is 2. The Bertz CT molecular complexity index is 394. The van der Waals surface area contributed by atoms with Crippen LogP contribution in [0, 0.1) is 13.8 Å². The predicted octanol–water partition coefficient (Wildman–Crippen LogP) is 3.54. The molecule has 0 radical (unpaired) electrons. The summed E-state index contributed by atoms with van der Waals surface area (Å²) in [6.07, 6.45) is 2.07. The molecule has 0 bridgehead atoms. The van der Waals surface area contributed by atoms with Crippen LogP contribution in [0.2, 0.25) is 0 Å². The Hall–Kier alpha value is -0.510. The number of aliphatic hydroxyl groups is 1. The highest BCUT2D eigenvalue weighted by Gasteiger charge is 2.21. The van der Waals surface area contributed by atoms with Crippen molar-refractivity contribution in [2.75, 3.05) is 18.9 Å². The number of nitrogens with one attached hydrogen (secondary N) is 1. The maximum absolute atomic E-state index is 9.52. The quantitative estimate of drug-likeness (QED) is 0.715. The van der Waals surface area contributed by atoms with Crippen molar-refractivity contribution in [2.24, 2.45) is 0 Å². The predicted molar refractivity (Wildman–Crippen MR) is 85.0 cm³/mol. The first kappa shape index (κ1) is 16.5. The van der Waals surface area contributed by atoms with Crippen LogP contribution < -0.4 is 5.32 Å². The highest BCUT2D eigenvalue weighted by atomic mass is 32.2. The van der Waals surface area contributed by atoms with E-state index in [2.05, 4.69) is 51.2 Å². The molecule has 1 aromatic carbocycles. The van der Waals surface area contributed by atoms with Crippen molar-refractivity contribution in [3.63, 3.8) is 0 Å².